The van der Waals surface area contributed by atoms with Crippen molar-refractivity contribution in [1.29, 1.82) is 0 Å². The highest BCUT2D eigenvalue weighted by Crippen LogP contribution is 2.20. The van der Waals surface area contributed by atoms with Crippen LogP contribution in [0.4, 0.5) is 0 Å². The molecule has 0 aromatic rings. The van der Waals surface area contributed by atoms with Crippen molar-refractivity contribution in [1.82, 2.24) is 10.2 Å². The molecule has 0 aliphatic carbocycles. The van der Waals surface area contributed by atoms with Gasteiger partial charge in [-0.1, -0.05) is 20.8 Å². The first kappa shape index (κ1) is 13.9. The molecule has 1 fully saturated rings. The average Bonchev–Trinajstić information content (AvgIpc) is 2.22. The van der Waals surface area contributed by atoms with Crippen LogP contribution in [0.25, 0.3) is 0 Å². The van der Waals surface area contributed by atoms with Gasteiger partial charge in [0.05, 0.1) is 6.61 Å². The largest absolute Gasteiger partial charge is 0.395 e. The van der Waals surface area contributed by atoms with Crippen LogP contribution in [0.5, 0.6) is 0 Å². The Kier molecular flexibility index (Phi) is 6.32. The lowest BCUT2D eigenvalue weighted by Gasteiger charge is -2.36. The second-order valence-corrected chi connectivity index (χ2v) is 5.50. The van der Waals surface area contributed by atoms with E-state index in [9.17, 15) is 5.11 Å². The van der Waals surface area contributed by atoms with Crippen LogP contribution in [0.1, 0.15) is 33.6 Å². The van der Waals surface area contributed by atoms with E-state index in [1.54, 1.807) is 0 Å². The maximum absolute atomic E-state index is 9.33. The van der Waals surface area contributed by atoms with E-state index in [0.717, 1.165) is 31.3 Å². The Bertz CT molecular complexity index is 177. The first-order valence-corrected chi connectivity index (χ1v) is 6.72. The van der Waals surface area contributed by atoms with Gasteiger partial charge in [0.25, 0.3) is 0 Å². The topological polar surface area (TPSA) is 35.5 Å². The lowest BCUT2D eigenvalue weighted by molar-refractivity contribution is 0.112. The molecule has 3 nitrogen and oxygen atoms in total. The molecule has 0 saturated carbocycles. The zero-order valence-corrected chi connectivity index (χ0v) is 11.1. The number of nitrogens with one attached hydrogen (secondary N) is 1. The number of aliphatic hydroxyl groups excluding tert-OH is 1. The number of hydrogen-bond donors (Lipinski definition) is 2. The molecular weight excluding hydrogens is 200 g/mol. The maximum atomic E-state index is 9.33. The summed E-state index contributed by atoms with van der Waals surface area (Å²) in [6.07, 6.45) is 2.48. The molecule has 0 aromatic heterocycles. The molecule has 3 unspecified atom stereocenters. The summed E-state index contributed by atoms with van der Waals surface area (Å²) < 4.78 is 0. The molecule has 0 radical (unpaired) electrons. The molecule has 0 spiro atoms. The first-order chi connectivity index (χ1) is 7.65. The molecule has 2 N–H and O–H groups in total. The van der Waals surface area contributed by atoms with E-state index in [-0.39, 0.29) is 12.6 Å². The number of likely N-dealkylation sites (tertiary alicyclic amines) is 1. The second kappa shape index (κ2) is 7.25. The van der Waals surface area contributed by atoms with Crippen molar-refractivity contribution in [2.24, 2.45) is 11.8 Å². The van der Waals surface area contributed by atoms with Crippen LogP contribution in [0.15, 0.2) is 0 Å². The third kappa shape index (κ3) is 4.81. The van der Waals surface area contributed by atoms with Crippen LogP contribution in [0.2, 0.25) is 0 Å². The van der Waals surface area contributed by atoms with E-state index in [2.05, 4.69) is 31.0 Å². The summed E-state index contributed by atoms with van der Waals surface area (Å²) >= 11 is 0. The van der Waals surface area contributed by atoms with Gasteiger partial charge < -0.3 is 15.3 Å². The first-order valence-electron chi connectivity index (χ1n) is 6.72. The standard InChI is InChI=1S/C13H28N2O/c1-4-5-14-13(10-16)9-15-7-11(2)6-12(3)8-15/h11-14,16H,4-10H2,1-3H3. The molecule has 1 aliphatic heterocycles. The zero-order chi connectivity index (χ0) is 12.0. The Balaban J connectivity index is 2.32. The van der Waals surface area contributed by atoms with Gasteiger partial charge in [0.2, 0.25) is 0 Å². The van der Waals surface area contributed by atoms with Gasteiger partial charge >= 0.3 is 0 Å². The van der Waals surface area contributed by atoms with Gasteiger partial charge in [-0.25, -0.2) is 0 Å². The minimum absolute atomic E-state index is 0.248. The molecule has 1 aliphatic rings. The van der Waals surface area contributed by atoms with Gasteiger partial charge in [-0.3, -0.25) is 0 Å². The average molecular weight is 228 g/mol. The molecule has 0 aromatic carbocycles. The zero-order valence-electron chi connectivity index (χ0n) is 11.1. The monoisotopic (exact) mass is 228 g/mol. The normalized spacial score (nSPS) is 29.2. The fraction of sp³-hybridized carbons (Fsp3) is 1.00. The maximum Gasteiger partial charge on any atom is 0.0597 e. The SMILES string of the molecule is CCCNC(CO)CN1CC(C)CC(C)C1. The fourth-order valence-corrected chi connectivity index (χ4v) is 2.79. The van der Waals surface area contributed by atoms with Crippen LogP contribution < -0.4 is 5.32 Å². The van der Waals surface area contributed by atoms with Crippen molar-refractivity contribution < 1.29 is 5.11 Å². The lowest BCUT2D eigenvalue weighted by Crippen LogP contribution is -2.48. The molecule has 3 heteroatoms. The molecule has 16 heavy (non-hydrogen) atoms. The van der Waals surface area contributed by atoms with Crippen molar-refractivity contribution in [2.75, 3.05) is 32.8 Å². The van der Waals surface area contributed by atoms with E-state index < -0.39 is 0 Å². The molecular formula is C13H28N2O. The quantitative estimate of drug-likeness (QED) is 0.720. The number of rotatable bonds is 6. The second-order valence-electron chi connectivity index (χ2n) is 5.50. The van der Waals surface area contributed by atoms with Gasteiger partial charge in [-0.15, -0.1) is 0 Å². The Morgan fingerprint density at radius 3 is 2.44 bits per heavy atom. The van der Waals surface area contributed by atoms with Crippen molar-refractivity contribution >= 4 is 0 Å². The summed E-state index contributed by atoms with van der Waals surface area (Å²) in [6, 6.07) is 0.248. The molecule has 96 valence electrons. The van der Waals surface area contributed by atoms with Crippen LogP contribution in [-0.4, -0.2) is 48.8 Å². The van der Waals surface area contributed by atoms with E-state index in [1.807, 2.05) is 0 Å². The van der Waals surface area contributed by atoms with Gasteiger partial charge in [-0.05, 0) is 31.2 Å². The van der Waals surface area contributed by atoms with Crippen LogP contribution >= 0.6 is 0 Å². The Morgan fingerprint density at radius 1 is 1.31 bits per heavy atom. The minimum atomic E-state index is 0.248. The third-order valence-electron chi connectivity index (χ3n) is 3.33. The lowest BCUT2D eigenvalue weighted by atomic mass is 9.91. The van der Waals surface area contributed by atoms with E-state index >= 15 is 0 Å². The summed E-state index contributed by atoms with van der Waals surface area (Å²) in [7, 11) is 0. The summed E-state index contributed by atoms with van der Waals surface area (Å²) in [6.45, 7) is 11.4. The summed E-state index contributed by atoms with van der Waals surface area (Å²) in [5.74, 6) is 1.60. The van der Waals surface area contributed by atoms with Crippen molar-refractivity contribution in [2.45, 2.75) is 39.7 Å². The van der Waals surface area contributed by atoms with Crippen LogP contribution in [0, 0.1) is 11.8 Å². The number of aliphatic hydroxyl groups is 1. The molecule has 1 saturated heterocycles. The molecule has 0 amide bonds. The predicted octanol–water partition coefficient (Wildman–Crippen LogP) is 1.32. The summed E-state index contributed by atoms with van der Waals surface area (Å²) in [4.78, 5) is 2.50. The Hall–Kier alpha value is -0.120. The van der Waals surface area contributed by atoms with Crippen molar-refractivity contribution in [3.63, 3.8) is 0 Å². The summed E-state index contributed by atoms with van der Waals surface area (Å²) in [5, 5.41) is 12.7. The highest BCUT2D eigenvalue weighted by Gasteiger charge is 2.23. The smallest absolute Gasteiger partial charge is 0.0597 e. The highest BCUT2D eigenvalue weighted by molar-refractivity contribution is 4.78. The highest BCUT2D eigenvalue weighted by atomic mass is 16.3. The van der Waals surface area contributed by atoms with Crippen molar-refractivity contribution in [3.8, 4) is 0 Å². The van der Waals surface area contributed by atoms with E-state index in [4.69, 9.17) is 0 Å². The number of nitrogens with zero attached hydrogens (tertiary/aromatic N) is 1. The van der Waals surface area contributed by atoms with Crippen LogP contribution in [-0.2, 0) is 0 Å². The van der Waals surface area contributed by atoms with E-state index in [1.165, 1.54) is 19.5 Å². The molecule has 0 bridgehead atoms. The van der Waals surface area contributed by atoms with Gasteiger partial charge in [0, 0.05) is 25.7 Å². The predicted molar refractivity (Wildman–Crippen MR) is 68.6 cm³/mol. The van der Waals surface area contributed by atoms with Crippen molar-refractivity contribution in [3.05, 3.63) is 0 Å². The Morgan fingerprint density at radius 2 is 1.94 bits per heavy atom. The van der Waals surface area contributed by atoms with E-state index in [0.29, 0.717) is 0 Å². The van der Waals surface area contributed by atoms with Gasteiger partial charge in [0.15, 0.2) is 0 Å². The van der Waals surface area contributed by atoms with Gasteiger partial charge in [-0.2, -0.15) is 0 Å². The Labute approximate surface area is 100 Å². The number of hydrogen-bond acceptors (Lipinski definition) is 3. The molecule has 3 atom stereocenters. The molecule has 1 rings (SSSR count). The van der Waals surface area contributed by atoms with Gasteiger partial charge in [0.1, 0.15) is 0 Å². The third-order valence-corrected chi connectivity index (χ3v) is 3.33. The molecule has 1 heterocycles. The fourth-order valence-electron chi connectivity index (χ4n) is 2.79. The minimum Gasteiger partial charge on any atom is -0.395 e. The van der Waals surface area contributed by atoms with Crippen LogP contribution in [0.3, 0.4) is 0 Å². The number of piperidine rings is 1. The summed E-state index contributed by atoms with van der Waals surface area (Å²) in [5.41, 5.74) is 0.